The van der Waals surface area contributed by atoms with Crippen LogP contribution in [0.25, 0.3) is 0 Å². The second kappa shape index (κ2) is 5.57. The lowest BCUT2D eigenvalue weighted by Gasteiger charge is -2.07. The van der Waals surface area contributed by atoms with Crippen molar-refractivity contribution in [2.24, 2.45) is 0 Å². The Kier molecular flexibility index (Phi) is 4.37. The van der Waals surface area contributed by atoms with Crippen molar-refractivity contribution >= 4 is 10.0 Å². The Bertz CT molecular complexity index is 561. The van der Waals surface area contributed by atoms with Crippen LogP contribution in [0.1, 0.15) is 12.0 Å². The van der Waals surface area contributed by atoms with Gasteiger partial charge < -0.3 is 0 Å². The molecule has 0 amide bonds. The number of sulfonamides is 1. The van der Waals surface area contributed by atoms with Crippen molar-refractivity contribution in [2.45, 2.75) is 11.3 Å². The van der Waals surface area contributed by atoms with Crippen LogP contribution in [-0.4, -0.2) is 15.0 Å². The smallest absolute Gasteiger partial charge is 0.211 e. The fourth-order valence-corrected chi connectivity index (χ4v) is 2.42. The van der Waals surface area contributed by atoms with E-state index in [9.17, 15) is 12.8 Å². The Morgan fingerprint density at radius 2 is 2.24 bits per heavy atom. The molecule has 0 fully saturated rings. The number of benzene rings is 1. The first-order chi connectivity index (χ1) is 8.03. The van der Waals surface area contributed by atoms with E-state index in [-0.39, 0.29) is 11.4 Å². The summed E-state index contributed by atoms with van der Waals surface area (Å²) < 4.78 is 39.1. The minimum Gasteiger partial charge on any atom is -0.211 e. The van der Waals surface area contributed by atoms with Crippen molar-refractivity contribution in [3.05, 3.63) is 42.2 Å². The van der Waals surface area contributed by atoms with Gasteiger partial charge >= 0.3 is 0 Å². The normalized spacial score (nSPS) is 10.8. The van der Waals surface area contributed by atoms with E-state index in [1.807, 2.05) is 0 Å². The zero-order valence-corrected chi connectivity index (χ0v) is 9.80. The van der Waals surface area contributed by atoms with Crippen molar-refractivity contribution in [1.82, 2.24) is 4.72 Å². The van der Waals surface area contributed by atoms with Crippen LogP contribution in [0.15, 0.2) is 35.7 Å². The number of nitrogens with zero attached hydrogens (tertiary/aromatic N) is 1. The molecule has 0 radical (unpaired) electrons. The van der Waals surface area contributed by atoms with Crippen molar-refractivity contribution in [1.29, 1.82) is 5.26 Å². The van der Waals surface area contributed by atoms with Gasteiger partial charge in [0.1, 0.15) is 22.3 Å². The van der Waals surface area contributed by atoms with Gasteiger partial charge in [-0.25, -0.2) is 17.5 Å². The first-order valence-corrected chi connectivity index (χ1v) is 6.30. The molecule has 0 heterocycles. The molecule has 90 valence electrons. The maximum absolute atomic E-state index is 13.2. The Balaban J connectivity index is 3.12. The second-order valence-electron chi connectivity index (χ2n) is 3.20. The Morgan fingerprint density at radius 1 is 1.53 bits per heavy atom. The summed E-state index contributed by atoms with van der Waals surface area (Å²) in [6.45, 7) is 3.61. The molecule has 6 heteroatoms. The molecule has 0 spiro atoms. The third-order valence-corrected chi connectivity index (χ3v) is 3.52. The number of nitrogens with one attached hydrogen (secondary N) is 1. The number of rotatable bonds is 5. The van der Waals surface area contributed by atoms with Gasteiger partial charge in [-0.3, -0.25) is 0 Å². The van der Waals surface area contributed by atoms with Crippen LogP contribution in [0.5, 0.6) is 0 Å². The molecule has 0 aromatic heterocycles. The largest absolute Gasteiger partial charge is 0.242 e. The highest BCUT2D eigenvalue weighted by atomic mass is 32.2. The van der Waals surface area contributed by atoms with Crippen molar-refractivity contribution < 1.29 is 12.8 Å². The van der Waals surface area contributed by atoms with Gasteiger partial charge in [-0.15, -0.1) is 6.58 Å². The van der Waals surface area contributed by atoms with Crippen LogP contribution in [0.3, 0.4) is 0 Å². The van der Waals surface area contributed by atoms with E-state index in [1.165, 1.54) is 12.1 Å². The number of halogens is 1. The first kappa shape index (κ1) is 13.4. The van der Waals surface area contributed by atoms with Gasteiger partial charge in [0.25, 0.3) is 0 Å². The van der Waals surface area contributed by atoms with Crippen LogP contribution in [0.2, 0.25) is 0 Å². The van der Waals surface area contributed by atoms with Crippen molar-refractivity contribution in [2.75, 3.05) is 6.54 Å². The molecule has 0 aliphatic heterocycles. The van der Waals surface area contributed by atoms with E-state index in [2.05, 4.69) is 11.3 Å². The SMILES string of the molecule is C=CCCNS(=O)(=O)c1cccc(F)c1C#N. The Morgan fingerprint density at radius 3 is 2.82 bits per heavy atom. The summed E-state index contributed by atoms with van der Waals surface area (Å²) in [7, 11) is -3.86. The third-order valence-electron chi connectivity index (χ3n) is 2.02. The molecule has 0 aliphatic carbocycles. The summed E-state index contributed by atoms with van der Waals surface area (Å²) in [6.07, 6.45) is 2.01. The van der Waals surface area contributed by atoms with Crippen LogP contribution < -0.4 is 4.72 Å². The van der Waals surface area contributed by atoms with Crippen LogP contribution in [0, 0.1) is 17.1 Å². The molecule has 0 aliphatic rings. The molecule has 1 rings (SSSR count). The van der Waals surface area contributed by atoms with E-state index in [0.29, 0.717) is 6.42 Å². The summed E-state index contributed by atoms with van der Waals surface area (Å²) in [6, 6.07) is 5.03. The molecule has 0 saturated carbocycles. The molecule has 0 atom stereocenters. The Labute approximate surface area is 99.4 Å². The van der Waals surface area contributed by atoms with Gasteiger partial charge in [-0.1, -0.05) is 12.1 Å². The van der Waals surface area contributed by atoms with Crippen LogP contribution >= 0.6 is 0 Å². The van der Waals surface area contributed by atoms with E-state index in [4.69, 9.17) is 5.26 Å². The quantitative estimate of drug-likeness (QED) is 0.640. The van der Waals surface area contributed by atoms with Crippen LogP contribution in [-0.2, 0) is 10.0 Å². The van der Waals surface area contributed by atoms with Crippen molar-refractivity contribution in [3.63, 3.8) is 0 Å². The molecule has 1 aromatic rings. The molecule has 4 nitrogen and oxygen atoms in total. The summed E-state index contributed by atoms with van der Waals surface area (Å²) in [5.74, 6) is -0.848. The standard InChI is InChI=1S/C11H11FN2O2S/c1-2-3-7-14-17(15,16)11-6-4-5-10(12)9(11)8-13/h2,4-6,14H,1,3,7H2. The van der Waals surface area contributed by atoms with Gasteiger partial charge in [0.05, 0.1) is 0 Å². The maximum atomic E-state index is 13.2. The zero-order chi connectivity index (χ0) is 12.9. The lowest BCUT2D eigenvalue weighted by Crippen LogP contribution is -2.25. The van der Waals surface area contributed by atoms with Crippen molar-refractivity contribution in [3.8, 4) is 6.07 Å². The highest BCUT2D eigenvalue weighted by Gasteiger charge is 2.20. The number of hydrogen-bond donors (Lipinski definition) is 1. The molecule has 17 heavy (non-hydrogen) atoms. The topological polar surface area (TPSA) is 70.0 Å². The average Bonchev–Trinajstić information content (AvgIpc) is 2.29. The molecular formula is C11H11FN2O2S. The summed E-state index contributed by atoms with van der Waals surface area (Å²) in [5, 5.41) is 8.74. The minimum atomic E-state index is -3.86. The maximum Gasteiger partial charge on any atom is 0.242 e. The lowest BCUT2D eigenvalue weighted by atomic mass is 10.2. The fraction of sp³-hybridized carbons (Fsp3) is 0.182. The van der Waals surface area contributed by atoms with E-state index in [0.717, 1.165) is 6.07 Å². The van der Waals surface area contributed by atoms with Gasteiger partial charge in [0.2, 0.25) is 10.0 Å². The predicted molar refractivity (Wildman–Crippen MR) is 61.1 cm³/mol. The molecule has 0 bridgehead atoms. The lowest BCUT2D eigenvalue weighted by molar-refractivity contribution is 0.577. The van der Waals surface area contributed by atoms with Gasteiger partial charge in [-0.05, 0) is 18.6 Å². The summed E-state index contributed by atoms with van der Waals surface area (Å²) >= 11 is 0. The third kappa shape index (κ3) is 3.12. The van der Waals surface area contributed by atoms with Gasteiger partial charge in [0, 0.05) is 6.54 Å². The first-order valence-electron chi connectivity index (χ1n) is 4.82. The number of hydrogen-bond acceptors (Lipinski definition) is 3. The predicted octanol–water partition coefficient (Wildman–Crippen LogP) is 1.55. The molecular weight excluding hydrogens is 243 g/mol. The summed E-state index contributed by atoms with van der Waals surface area (Å²) in [4.78, 5) is -0.343. The van der Waals surface area contributed by atoms with E-state index >= 15 is 0 Å². The van der Waals surface area contributed by atoms with E-state index < -0.39 is 21.4 Å². The summed E-state index contributed by atoms with van der Waals surface area (Å²) in [5.41, 5.74) is -0.474. The monoisotopic (exact) mass is 254 g/mol. The number of nitriles is 1. The highest BCUT2D eigenvalue weighted by molar-refractivity contribution is 7.89. The molecule has 0 unspecified atom stereocenters. The molecule has 1 N–H and O–H groups in total. The Hall–Kier alpha value is -1.71. The minimum absolute atomic E-state index is 0.160. The molecule has 1 aromatic carbocycles. The average molecular weight is 254 g/mol. The van der Waals surface area contributed by atoms with Gasteiger partial charge in [-0.2, -0.15) is 5.26 Å². The van der Waals surface area contributed by atoms with Gasteiger partial charge in [0.15, 0.2) is 0 Å². The van der Waals surface area contributed by atoms with Crippen LogP contribution in [0.4, 0.5) is 4.39 Å². The second-order valence-corrected chi connectivity index (χ2v) is 4.94. The van der Waals surface area contributed by atoms with E-state index in [1.54, 1.807) is 12.1 Å². The zero-order valence-electron chi connectivity index (χ0n) is 8.98. The highest BCUT2D eigenvalue weighted by Crippen LogP contribution is 2.17. The molecule has 0 saturated heterocycles. The fourth-order valence-electron chi connectivity index (χ4n) is 1.21.